The summed E-state index contributed by atoms with van der Waals surface area (Å²) in [7, 11) is 0. The van der Waals surface area contributed by atoms with Crippen LogP contribution in [0.5, 0.6) is 5.75 Å². The van der Waals surface area contributed by atoms with Gasteiger partial charge in [0.25, 0.3) is 0 Å². The Morgan fingerprint density at radius 3 is 2.89 bits per heavy atom. The first-order valence-corrected chi connectivity index (χ1v) is 5.89. The van der Waals surface area contributed by atoms with Gasteiger partial charge in [-0.05, 0) is 18.1 Å². The molecule has 18 heavy (non-hydrogen) atoms. The van der Waals surface area contributed by atoms with Gasteiger partial charge in [-0.15, -0.1) is 0 Å². The number of hydrogen-bond donors (Lipinski definition) is 2. The van der Waals surface area contributed by atoms with Crippen LogP contribution < -0.4 is 10.5 Å². The number of aliphatic hydroxyl groups excluding tert-OH is 1. The zero-order valence-electron chi connectivity index (χ0n) is 10.1. The molecule has 0 saturated heterocycles. The van der Waals surface area contributed by atoms with Crippen LogP contribution >= 0.6 is 0 Å². The van der Waals surface area contributed by atoms with Gasteiger partial charge in [-0.2, -0.15) is 5.10 Å². The van der Waals surface area contributed by atoms with Crippen molar-refractivity contribution in [1.82, 2.24) is 9.78 Å². The van der Waals surface area contributed by atoms with Gasteiger partial charge in [-0.3, -0.25) is 4.68 Å². The summed E-state index contributed by atoms with van der Waals surface area (Å²) in [5.41, 5.74) is 7.24. The van der Waals surface area contributed by atoms with E-state index in [2.05, 4.69) is 5.10 Å². The molecular formula is C13H17N3O2. The minimum absolute atomic E-state index is 0.121. The van der Waals surface area contributed by atoms with Gasteiger partial charge >= 0.3 is 0 Å². The van der Waals surface area contributed by atoms with Crippen LogP contribution in [0.4, 0.5) is 5.69 Å². The molecule has 2 aromatic rings. The summed E-state index contributed by atoms with van der Waals surface area (Å²) in [4.78, 5) is 0. The lowest BCUT2D eigenvalue weighted by atomic mass is 10.1. The van der Waals surface area contributed by atoms with Gasteiger partial charge in [0.05, 0.1) is 18.4 Å². The minimum Gasteiger partial charge on any atom is -0.491 e. The van der Waals surface area contributed by atoms with Crippen molar-refractivity contribution in [1.29, 1.82) is 0 Å². The van der Waals surface area contributed by atoms with Gasteiger partial charge in [0.2, 0.25) is 0 Å². The zero-order chi connectivity index (χ0) is 12.8. The molecule has 2 rings (SSSR count). The van der Waals surface area contributed by atoms with E-state index in [4.69, 9.17) is 15.6 Å². The van der Waals surface area contributed by atoms with Crippen molar-refractivity contribution in [3.8, 4) is 5.75 Å². The van der Waals surface area contributed by atoms with E-state index in [9.17, 15) is 0 Å². The molecule has 0 saturated carbocycles. The second kappa shape index (κ2) is 6.07. The lowest BCUT2D eigenvalue weighted by molar-refractivity contribution is 0.277. The van der Waals surface area contributed by atoms with E-state index in [0.29, 0.717) is 25.3 Å². The summed E-state index contributed by atoms with van der Waals surface area (Å²) in [6.45, 7) is 1.28. The summed E-state index contributed by atoms with van der Waals surface area (Å²) in [6, 6.07) is 7.72. The average molecular weight is 247 g/mol. The van der Waals surface area contributed by atoms with E-state index in [1.54, 1.807) is 17.1 Å². The summed E-state index contributed by atoms with van der Waals surface area (Å²) < 4.78 is 7.43. The first-order chi connectivity index (χ1) is 8.79. The maximum Gasteiger partial charge on any atom is 0.122 e. The molecule has 0 aliphatic carbocycles. The number of aromatic nitrogens is 2. The van der Waals surface area contributed by atoms with Crippen LogP contribution in [0.1, 0.15) is 5.56 Å². The summed E-state index contributed by atoms with van der Waals surface area (Å²) in [5, 5.41) is 13.0. The van der Waals surface area contributed by atoms with Crippen LogP contribution in [-0.2, 0) is 13.0 Å². The third kappa shape index (κ3) is 3.24. The average Bonchev–Trinajstić information content (AvgIpc) is 2.78. The number of benzene rings is 1. The molecule has 1 heterocycles. The van der Waals surface area contributed by atoms with Crippen LogP contribution in [0.3, 0.4) is 0 Å². The summed E-state index contributed by atoms with van der Waals surface area (Å²) in [5.74, 6) is 0.812. The number of nitrogens with zero attached hydrogens (tertiary/aromatic N) is 2. The van der Waals surface area contributed by atoms with Crippen molar-refractivity contribution in [2.45, 2.75) is 13.0 Å². The first-order valence-electron chi connectivity index (χ1n) is 5.89. The molecule has 0 amide bonds. The van der Waals surface area contributed by atoms with E-state index in [-0.39, 0.29) is 6.61 Å². The molecule has 0 bridgehead atoms. The lowest BCUT2D eigenvalue weighted by Crippen LogP contribution is -2.09. The van der Waals surface area contributed by atoms with E-state index in [0.717, 1.165) is 11.3 Å². The van der Waals surface area contributed by atoms with Gasteiger partial charge in [0, 0.05) is 12.8 Å². The maximum atomic E-state index is 8.97. The topological polar surface area (TPSA) is 73.3 Å². The van der Waals surface area contributed by atoms with Crippen molar-refractivity contribution < 1.29 is 9.84 Å². The standard InChI is InChI=1S/C13H17N3O2/c14-12-9-15-16(10-12)6-8-18-13-4-2-1-3-11(13)5-7-17/h1-4,9-10,17H,5-8,14H2. The van der Waals surface area contributed by atoms with E-state index < -0.39 is 0 Å². The molecule has 0 radical (unpaired) electrons. The van der Waals surface area contributed by atoms with Crippen LogP contribution in [0.2, 0.25) is 0 Å². The smallest absolute Gasteiger partial charge is 0.122 e. The van der Waals surface area contributed by atoms with E-state index >= 15 is 0 Å². The number of rotatable bonds is 6. The van der Waals surface area contributed by atoms with Crippen molar-refractivity contribution >= 4 is 5.69 Å². The van der Waals surface area contributed by atoms with Crippen molar-refractivity contribution in [3.05, 3.63) is 42.2 Å². The van der Waals surface area contributed by atoms with Crippen molar-refractivity contribution in [3.63, 3.8) is 0 Å². The monoisotopic (exact) mass is 247 g/mol. The van der Waals surface area contributed by atoms with Gasteiger partial charge in [0.1, 0.15) is 12.4 Å². The number of ether oxygens (including phenoxy) is 1. The number of aliphatic hydroxyl groups is 1. The third-order valence-electron chi connectivity index (χ3n) is 2.58. The zero-order valence-corrected chi connectivity index (χ0v) is 10.1. The molecule has 0 unspecified atom stereocenters. The van der Waals surface area contributed by atoms with Crippen molar-refractivity contribution in [2.24, 2.45) is 0 Å². The van der Waals surface area contributed by atoms with Gasteiger partial charge in [0.15, 0.2) is 0 Å². The highest BCUT2D eigenvalue weighted by Crippen LogP contribution is 2.18. The maximum absolute atomic E-state index is 8.97. The Hall–Kier alpha value is -2.01. The fourth-order valence-electron chi connectivity index (χ4n) is 1.72. The molecule has 0 aliphatic rings. The lowest BCUT2D eigenvalue weighted by Gasteiger charge is -2.10. The largest absolute Gasteiger partial charge is 0.491 e. The minimum atomic E-state index is 0.121. The quantitative estimate of drug-likeness (QED) is 0.801. The Balaban J connectivity index is 1.89. The van der Waals surface area contributed by atoms with E-state index in [1.807, 2.05) is 24.3 Å². The molecule has 1 aromatic heterocycles. The predicted octanol–water partition coefficient (Wildman–Crippen LogP) is 1.08. The molecule has 1 aromatic carbocycles. The third-order valence-corrected chi connectivity index (χ3v) is 2.58. The normalized spacial score (nSPS) is 10.5. The second-order valence-corrected chi connectivity index (χ2v) is 3.97. The summed E-state index contributed by atoms with van der Waals surface area (Å²) >= 11 is 0. The van der Waals surface area contributed by atoms with Gasteiger partial charge < -0.3 is 15.6 Å². The van der Waals surface area contributed by atoms with Crippen LogP contribution in [0, 0.1) is 0 Å². The predicted molar refractivity (Wildman–Crippen MR) is 69.4 cm³/mol. The molecule has 96 valence electrons. The SMILES string of the molecule is Nc1cnn(CCOc2ccccc2CCO)c1. The second-order valence-electron chi connectivity index (χ2n) is 3.97. The van der Waals surface area contributed by atoms with E-state index in [1.165, 1.54) is 0 Å². The van der Waals surface area contributed by atoms with Crippen LogP contribution in [0.15, 0.2) is 36.7 Å². The number of hydrogen-bond acceptors (Lipinski definition) is 4. The number of anilines is 1. The number of para-hydroxylation sites is 1. The molecule has 0 aliphatic heterocycles. The molecule has 5 nitrogen and oxygen atoms in total. The summed E-state index contributed by atoms with van der Waals surface area (Å²) in [6.07, 6.45) is 3.98. The van der Waals surface area contributed by atoms with Crippen molar-refractivity contribution in [2.75, 3.05) is 18.9 Å². The molecule has 0 spiro atoms. The van der Waals surface area contributed by atoms with Crippen LogP contribution in [0.25, 0.3) is 0 Å². The highest BCUT2D eigenvalue weighted by Gasteiger charge is 2.02. The highest BCUT2D eigenvalue weighted by atomic mass is 16.5. The van der Waals surface area contributed by atoms with Gasteiger partial charge in [-0.25, -0.2) is 0 Å². The Kier molecular flexibility index (Phi) is 4.20. The first kappa shape index (κ1) is 12.4. The Bertz CT molecular complexity index is 496. The fraction of sp³-hybridized carbons (Fsp3) is 0.308. The van der Waals surface area contributed by atoms with Gasteiger partial charge in [-0.1, -0.05) is 18.2 Å². The number of nitrogens with two attached hydrogens (primary N) is 1. The number of nitrogen functional groups attached to an aromatic ring is 1. The Morgan fingerprint density at radius 2 is 2.17 bits per heavy atom. The molecule has 0 atom stereocenters. The van der Waals surface area contributed by atoms with Crippen LogP contribution in [-0.4, -0.2) is 28.1 Å². The highest BCUT2D eigenvalue weighted by molar-refractivity contribution is 5.33. The molecule has 0 fully saturated rings. The molecular weight excluding hydrogens is 230 g/mol. The molecule has 5 heteroatoms. The Labute approximate surface area is 106 Å². The Morgan fingerprint density at radius 1 is 1.33 bits per heavy atom. The fourth-order valence-corrected chi connectivity index (χ4v) is 1.72. The molecule has 3 N–H and O–H groups in total.